The molecule has 0 fully saturated rings. The van der Waals surface area contributed by atoms with Crippen molar-refractivity contribution in [1.29, 1.82) is 0 Å². The number of rotatable bonds is 5. The number of fused-ring (bicyclic) bond motifs is 1. The van der Waals surface area contributed by atoms with Crippen LogP contribution in [0, 0.1) is 6.92 Å². The van der Waals surface area contributed by atoms with Crippen molar-refractivity contribution in [3.63, 3.8) is 0 Å². The van der Waals surface area contributed by atoms with Crippen molar-refractivity contribution in [2.45, 2.75) is 13.8 Å². The maximum absolute atomic E-state index is 4.80. The highest BCUT2D eigenvalue weighted by molar-refractivity contribution is 5.91. The van der Waals surface area contributed by atoms with Gasteiger partial charge in [-0.25, -0.2) is 4.98 Å². The second-order valence-electron chi connectivity index (χ2n) is 6.03. The smallest absolute Gasteiger partial charge is 0.232 e. The van der Waals surface area contributed by atoms with Crippen LogP contribution < -0.4 is 10.2 Å². The number of para-hydroxylation sites is 2. The van der Waals surface area contributed by atoms with E-state index in [1.807, 2.05) is 55.5 Å². The molecule has 0 spiro atoms. The lowest BCUT2D eigenvalue weighted by Gasteiger charge is -2.22. The first-order valence-electron chi connectivity index (χ1n) is 8.63. The van der Waals surface area contributed by atoms with Gasteiger partial charge >= 0.3 is 0 Å². The minimum atomic E-state index is 0.659. The molecule has 26 heavy (non-hydrogen) atoms. The zero-order valence-corrected chi connectivity index (χ0v) is 14.8. The lowest BCUT2D eigenvalue weighted by molar-refractivity contribution is 0.958. The van der Waals surface area contributed by atoms with Crippen molar-refractivity contribution in [2.75, 3.05) is 16.8 Å². The molecule has 0 saturated heterocycles. The van der Waals surface area contributed by atoms with Crippen LogP contribution in [0.15, 0.2) is 60.7 Å². The maximum atomic E-state index is 4.80. The first-order valence-corrected chi connectivity index (χ1v) is 8.63. The zero-order chi connectivity index (χ0) is 17.9. The second kappa shape index (κ2) is 6.84. The van der Waals surface area contributed by atoms with Crippen molar-refractivity contribution in [2.24, 2.45) is 0 Å². The average molecular weight is 344 g/mol. The van der Waals surface area contributed by atoms with E-state index >= 15 is 0 Å². The van der Waals surface area contributed by atoms with Gasteiger partial charge in [0.05, 0.1) is 5.52 Å². The summed E-state index contributed by atoms with van der Waals surface area (Å²) in [5, 5.41) is 11.5. The van der Waals surface area contributed by atoms with Crippen molar-refractivity contribution < 1.29 is 0 Å². The number of aromatic nitrogens is 4. The molecule has 2 aromatic heterocycles. The number of aromatic amines is 1. The first kappa shape index (κ1) is 16.1. The normalized spacial score (nSPS) is 10.8. The molecule has 0 amide bonds. The number of benzene rings is 2. The molecule has 0 unspecified atom stereocenters. The monoisotopic (exact) mass is 344 g/mol. The van der Waals surface area contributed by atoms with E-state index in [2.05, 4.69) is 39.5 Å². The lowest BCUT2D eigenvalue weighted by atomic mass is 10.2. The summed E-state index contributed by atoms with van der Waals surface area (Å²) in [6.45, 7) is 4.83. The Bertz CT molecular complexity index is 1020. The Labute approximate surface area is 151 Å². The van der Waals surface area contributed by atoms with Gasteiger partial charge in [-0.3, -0.25) is 5.10 Å². The number of anilines is 4. The summed E-state index contributed by atoms with van der Waals surface area (Å²) in [6, 6.07) is 20.1. The minimum absolute atomic E-state index is 0.659. The van der Waals surface area contributed by atoms with Crippen LogP contribution in [0.1, 0.15) is 12.6 Å². The summed E-state index contributed by atoms with van der Waals surface area (Å²) in [4.78, 5) is 11.7. The number of hydrogen-bond donors (Lipinski definition) is 2. The average Bonchev–Trinajstić information content (AvgIpc) is 3.08. The summed E-state index contributed by atoms with van der Waals surface area (Å²) in [7, 11) is 0. The Morgan fingerprint density at radius 2 is 1.77 bits per heavy atom. The fourth-order valence-electron chi connectivity index (χ4n) is 2.93. The van der Waals surface area contributed by atoms with Crippen LogP contribution in [0.3, 0.4) is 0 Å². The Hall–Kier alpha value is -3.41. The number of aryl methyl sites for hydroxylation is 1. The van der Waals surface area contributed by atoms with Gasteiger partial charge in [-0.15, -0.1) is 0 Å². The van der Waals surface area contributed by atoms with Gasteiger partial charge in [-0.2, -0.15) is 10.1 Å². The summed E-state index contributed by atoms with van der Waals surface area (Å²) in [6.07, 6.45) is 0. The molecule has 2 heterocycles. The molecule has 0 aliphatic rings. The van der Waals surface area contributed by atoms with Gasteiger partial charge < -0.3 is 10.2 Å². The van der Waals surface area contributed by atoms with Gasteiger partial charge in [0.2, 0.25) is 5.95 Å². The van der Waals surface area contributed by atoms with E-state index < -0.39 is 0 Å². The molecule has 4 aromatic rings. The van der Waals surface area contributed by atoms with E-state index in [9.17, 15) is 0 Å². The van der Waals surface area contributed by atoms with Gasteiger partial charge in [0.15, 0.2) is 5.82 Å². The molecule has 0 aliphatic heterocycles. The predicted molar refractivity (Wildman–Crippen MR) is 105 cm³/mol. The highest BCUT2D eigenvalue weighted by Crippen LogP contribution is 2.29. The second-order valence-corrected chi connectivity index (χ2v) is 6.03. The molecular formula is C20H20N6. The topological polar surface area (TPSA) is 69.7 Å². The number of nitrogens with one attached hydrogen (secondary N) is 2. The van der Waals surface area contributed by atoms with Crippen LogP contribution in [-0.2, 0) is 0 Å². The van der Waals surface area contributed by atoms with E-state index in [0.29, 0.717) is 5.95 Å². The zero-order valence-electron chi connectivity index (χ0n) is 14.8. The van der Waals surface area contributed by atoms with Crippen LogP contribution in [0.25, 0.3) is 10.9 Å². The lowest BCUT2D eigenvalue weighted by Crippen LogP contribution is -2.19. The van der Waals surface area contributed by atoms with Gasteiger partial charge in [0.25, 0.3) is 0 Å². The van der Waals surface area contributed by atoms with Crippen LogP contribution in [-0.4, -0.2) is 26.7 Å². The Morgan fingerprint density at radius 1 is 1.00 bits per heavy atom. The van der Waals surface area contributed by atoms with E-state index in [-0.39, 0.29) is 0 Å². The number of H-pyrrole nitrogens is 1. The fraction of sp³-hybridized carbons (Fsp3) is 0.150. The molecule has 0 saturated carbocycles. The summed E-state index contributed by atoms with van der Waals surface area (Å²) in [5.74, 6) is 2.14. The summed E-state index contributed by atoms with van der Waals surface area (Å²) >= 11 is 0. The molecule has 4 rings (SSSR count). The Kier molecular flexibility index (Phi) is 4.23. The molecule has 0 atom stereocenters. The van der Waals surface area contributed by atoms with Crippen molar-refractivity contribution >= 4 is 34.2 Å². The van der Waals surface area contributed by atoms with Crippen LogP contribution in [0.2, 0.25) is 0 Å². The van der Waals surface area contributed by atoms with Crippen molar-refractivity contribution in [3.05, 3.63) is 66.4 Å². The fourth-order valence-corrected chi connectivity index (χ4v) is 2.93. The van der Waals surface area contributed by atoms with Gasteiger partial charge in [-0.1, -0.05) is 30.3 Å². The van der Waals surface area contributed by atoms with Crippen LogP contribution >= 0.6 is 0 Å². The Balaban J connectivity index is 1.82. The van der Waals surface area contributed by atoms with E-state index in [4.69, 9.17) is 9.97 Å². The standard InChI is InChI=1S/C20H20N6/c1-3-26(15-9-5-4-6-10-15)20-21-17-12-8-7-11-16(17)19(23-20)22-18-13-14(2)24-25-18/h4-13H,3H2,1-2H3,(H2,21,22,23,24,25). The number of hydrogen-bond acceptors (Lipinski definition) is 5. The molecule has 6 heteroatoms. The SMILES string of the molecule is CCN(c1ccccc1)c1nc(Nc2cc(C)[nH]n2)c2ccccc2n1. The minimum Gasteiger partial charge on any atom is -0.323 e. The van der Waals surface area contributed by atoms with Gasteiger partial charge in [0.1, 0.15) is 5.82 Å². The van der Waals surface area contributed by atoms with Crippen molar-refractivity contribution in [3.8, 4) is 0 Å². The third kappa shape index (κ3) is 3.09. The van der Waals surface area contributed by atoms with Crippen LogP contribution in [0.4, 0.5) is 23.3 Å². The van der Waals surface area contributed by atoms with Gasteiger partial charge in [0, 0.05) is 29.4 Å². The number of nitrogens with zero attached hydrogens (tertiary/aromatic N) is 4. The molecule has 0 radical (unpaired) electrons. The summed E-state index contributed by atoms with van der Waals surface area (Å²) in [5.41, 5.74) is 2.94. The molecule has 130 valence electrons. The molecular weight excluding hydrogens is 324 g/mol. The van der Waals surface area contributed by atoms with E-state index in [1.165, 1.54) is 0 Å². The van der Waals surface area contributed by atoms with E-state index in [1.54, 1.807) is 0 Å². The molecule has 0 aliphatic carbocycles. The molecule has 2 N–H and O–H groups in total. The highest BCUT2D eigenvalue weighted by atomic mass is 15.3. The van der Waals surface area contributed by atoms with E-state index in [0.717, 1.165) is 40.5 Å². The predicted octanol–water partition coefficient (Wildman–Crippen LogP) is 4.56. The highest BCUT2D eigenvalue weighted by Gasteiger charge is 2.14. The first-order chi connectivity index (χ1) is 12.7. The maximum Gasteiger partial charge on any atom is 0.232 e. The third-order valence-corrected chi connectivity index (χ3v) is 4.17. The summed E-state index contributed by atoms with van der Waals surface area (Å²) < 4.78 is 0. The molecule has 2 aromatic carbocycles. The van der Waals surface area contributed by atoms with Gasteiger partial charge in [-0.05, 0) is 38.1 Å². The largest absolute Gasteiger partial charge is 0.323 e. The molecule has 0 bridgehead atoms. The quantitative estimate of drug-likeness (QED) is 0.555. The molecule has 6 nitrogen and oxygen atoms in total. The van der Waals surface area contributed by atoms with Crippen molar-refractivity contribution in [1.82, 2.24) is 20.2 Å². The third-order valence-electron chi connectivity index (χ3n) is 4.17. The Morgan fingerprint density at radius 3 is 2.50 bits per heavy atom. The van der Waals surface area contributed by atoms with Crippen LogP contribution in [0.5, 0.6) is 0 Å².